The minimum Gasteiger partial charge on any atom is -0.352 e. The molecule has 2 saturated heterocycles. The number of sulfonamides is 1. The summed E-state index contributed by atoms with van der Waals surface area (Å²) < 4.78 is 28.5. The van der Waals surface area contributed by atoms with Crippen molar-refractivity contribution in [3.05, 3.63) is 42.7 Å². The van der Waals surface area contributed by atoms with Crippen molar-refractivity contribution in [1.29, 1.82) is 0 Å². The van der Waals surface area contributed by atoms with Crippen molar-refractivity contribution in [3.8, 4) is 5.69 Å². The van der Waals surface area contributed by atoms with Crippen LogP contribution in [0.3, 0.4) is 0 Å². The quantitative estimate of drug-likeness (QED) is 0.888. The maximum Gasteiger partial charge on any atom is 0.246 e. The fourth-order valence-corrected chi connectivity index (χ4v) is 4.74. The zero-order valence-electron chi connectivity index (χ0n) is 12.3. The molecule has 8 heteroatoms. The van der Waals surface area contributed by atoms with Gasteiger partial charge in [0, 0.05) is 12.6 Å². The van der Waals surface area contributed by atoms with E-state index in [-0.39, 0.29) is 16.8 Å². The molecule has 1 aromatic carbocycles. The Balaban J connectivity index is 1.67. The number of benzene rings is 1. The average Bonchev–Trinajstić information content (AvgIpc) is 3.15. The third kappa shape index (κ3) is 2.34. The standard InChI is InChI=1S/C15H16N4O3S/c20-15-14-8-11(17-15)6-7-19(14)23(21,22)13-9-16-18(10-13)12-4-2-1-3-5-12/h1-5,9-11,14H,6-8H2,(H,17,20). The van der Waals surface area contributed by atoms with Gasteiger partial charge < -0.3 is 5.32 Å². The van der Waals surface area contributed by atoms with Crippen LogP contribution < -0.4 is 5.32 Å². The summed E-state index contributed by atoms with van der Waals surface area (Å²) in [5.74, 6) is -0.202. The van der Waals surface area contributed by atoms with Crippen molar-refractivity contribution in [2.45, 2.75) is 29.8 Å². The molecule has 1 N–H and O–H groups in total. The lowest BCUT2D eigenvalue weighted by molar-refractivity contribution is -0.122. The number of nitrogens with zero attached hydrogens (tertiary/aromatic N) is 3. The number of piperidine rings is 1. The Bertz CT molecular complexity index is 847. The number of fused-ring (bicyclic) bond motifs is 2. The summed E-state index contributed by atoms with van der Waals surface area (Å²) in [6.45, 7) is 0.354. The Morgan fingerprint density at radius 3 is 2.78 bits per heavy atom. The van der Waals surface area contributed by atoms with E-state index in [9.17, 15) is 13.2 Å². The summed E-state index contributed by atoms with van der Waals surface area (Å²) in [5.41, 5.74) is 0.784. The molecule has 0 spiro atoms. The molecule has 2 aliphatic heterocycles. The summed E-state index contributed by atoms with van der Waals surface area (Å²) in [4.78, 5) is 12.0. The van der Waals surface area contributed by atoms with Gasteiger partial charge in [-0.25, -0.2) is 13.1 Å². The van der Waals surface area contributed by atoms with Crippen LogP contribution in [0.1, 0.15) is 12.8 Å². The molecular weight excluding hydrogens is 316 g/mol. The van der Waals surface area contributed by atoms with Crippen molar-refractivity contribution in [1.82, 2.24) is 19.4 Å². The predicted molar refractivity (Wildman–Crippen MR) is 82.4 cm³/mol. The number of carbonyl (C=O) groups excluding carboxylic acids is 1. The highest BCUT2D eigenvalue weighted by Crippen LogP contribution is 2.29. The van der Waals surface area contributed by atoms with Gasteiger partial charge in [-0.3, -0.25) is 4.79 Å². The number of para-hydroxylation sites is 1. The number of rotatable bonds is 3. The molecule has 120 valence electrons. The van der Waals surface area contributed by atoms with E-state index >= 15 is 0 Å². The number of hydrogen-bond donors (Lipinski definition) is 1. The number of carbonyl (C=O) groups is 1. The van der Waals surface area contributed by atoms with E-state index in [4.69, 9.17) is 0 Å². The van der Waals surface area contributed by atoms with E-state index in [1.165, 1.54) is 21.4 Å². The van der Waals surface area contributed by atoms with E-state index in [2.05, 4.69) is 10.4 Å². The lowest BCUT2D eigenvalue weighted by Gasteiger charge is -2.29. The normalized spacial score (nSPS) is 24.6. The maximum atomic E-state index is 12.9. The number of hydrogen-bond acceptors (Lipinski definition) is 4. The molecule has 7 nitrogen and oxygen atoms in total. The number of amides is 1. The largest absolute Gasteiger partial charge is 0.352 e. The zero-order valence-corrected chi connectivity index (χ0v) is 13.1. The molecule has 2 aromatic rings. The minimum absolute atomic E-state index is 0.103. The molecule has 1 aromatic heterocycles. The van der Waals surface area contributed by atoms with Crippen LogP contribution in [-0.4, -0.2) is 47.0 Å². The van der Waals surface area contributed by atoms with Gasteiger partial charge in [-0.1, -0.05) is 18.2 Å². The minimum atomic E-state index is -3.73. The SMILES string of the molecule is O=C1NC2CCN(S(=O)(=O)c3cnn(-c4ccccc4)c3)C1C2. The molecule has 23 heavy (non-hydrogen) atoms. The van der Waals surface area contributed by atoms with Gasteiger partial charge in [0.15, 0.2) is 0 Å². The van der Waals surface area contributed by atoms with E-state index in [1.807, 2.05) is 30.3 Å². The van der Waals surface area contributed by atoms with E-state index in [1.54, 1.807) is 0 Å². The summed E-state index contributed by atoms with van der Waals surface area (Å²) in [5, 5.41) is 6.97. The molecule has 0 radical (unpaired) electrons. The summed E-state index contributed by atoms with van der Waals surface area (Å²) >= 11 is 0. The van der Waals surface area contributed by atoms with E-state index < -0.39 is 16.1 Å². The Labute approximate surface area is 134 Å². The van der Waals surface area contributed by atoms with Crippen LogP contribution in [0.2, 0.25) is 0 Å². The second kappa shape index (κ2) is 5.17. The first-order chi connectivity index (χ1) is 11.1. The predicted octanol–water partition coefficient (Wildman–Crippen LogP) is 0.524. The highest BCUT2D eigenvalue weighted by molar-refractivity contribution is 7.89. The Morgan fingerprint density at radius 1 is 1.22 bits per heavy atom. The molecule has 2 aliphatic rings. The topological polar surface area (TPSA) is 84.3 Å². The van der Waals surface area contributed by atoms with Crippen molar-refractivity contribution in [2.75, 3.05) is 6.54 Å². The fourth-order valence-electron chi connectivity index (χ4n) is 3.19. The molecule has 1 amide bonds. The summed E-state index contributed by atoms with van der Waals surface area (Å²) in [6.07, 6.45) is 4.02. The van der Waals surface area contributed by atoms with Crippen molar-refractivity contribution < 1.29 is 13.2 Å². The average molecular weight is 332 g/mol. The molecule has 0 aliphatic carbocycles. The Kier molecular flexibility index (Phi) is 3.24. The van der Waals surface area contributed by atoms with Gasteiger partial charge >= 0.3 is 0 Å². The molecule has 2 fully saturated rings. The molecule has 2 unspecified atom stereocenters. The van der Waals surface area contributed by atoms with Crippen molar-refractivity contribution in [3.63, 3.8) is 0 Å². The highest BCUT2D eigenvalue weighted by Gasteiger charge is 2.46. The summed E-state index contributed by atoms with van der Waals surface area (Å²) in [7, 11) is -3.73. The third-order valence-corrected chi connectivity index (χ3v) is 6.25. The second-order valence-corrected chi connectivity index (χ2v) is 7.71. The summed E-state index contributed by atoms with van der Waals surface area (Å²) in [6, 6.07) is 8.80. The monoisotopic (exact) mass is 332 g/mol. The van der Waals surface area contributed by atoms with Gasteiger partial charge in [-0.15, -0.1) is 0 Å². The fraction of sp³-hybridized carbons (Fsp3) is 0.333. The molecule has 0 saturated carbocycles. The lowest BCUT2D eigenvalue weighted by atomic mass is 10.1. The maximum absolute atomic E-state index is 12.9. The van der Waals surface area contributed by atoms with Crippen molar-refractivity contribution >= 4 is 15.9 Å². The van der Waals surface area contributed by atoms with Crippen LogP contribution in [0.5, 0.6) is 0 Å². The molecule has 3 heterocycles. The first-order valence-electron chi connectivity index (χ1n) is 7.48. The van der Waals surface area contributed by atoms with Gasteiger partial charge in [0.2, 0.25) is 15.9 Å². The van der Waals surface area contributed by atoms with Crippen LogP contribution in [0, 0.1) is 0 Å². The smallest absolute Gasteiger partial charge is 0.246 e. The molecular formula is C15H16N4O3S. The molecule has 2 atom stereocenters. The first kappa shape index (κ1) is 14.4. The van der Waals surface area contributed by atoms with Gasteiger partial charge in [0.1, 0.15) is 10.9 Å². The van der Waals surface area contributed by atoms with Crippen LogP contribution in [-0.2, 0) is 14.8 Å². The lowest BCUT2D eigenvalue weighted by Crippen LogP contribution is -2.45. The number of aromatic nitrogens is 2. The van der Waals surface area contributed by atoms with Crippen LogP contribution in [0.4, 0.5) is 0 Å². The van der Waals surface area contributed by atoms with Gasteiger partial charge in [0.05, 0.1) is 18.1 Å². The van der Waals surface area contributed by atoms with Gasteiger partial charge in [0.25, 0.3) is 0 Å². The van der Waals surface area contributed by atoms with Crippen LogP contribution in [0.15, 0.2) is 47.6 Å². The van der Waals surface area contributed by atoms with Gasteiger partial charge in [-0.05, 0) is 25.0 Å². The molecule has 2 bridgehead atoms. The van der Waals surface area contributed by atoms with Crippen molar-refractivity contribution in [2.24, 2.45) is 0 Å². The Hall–Kier alpha value is -2.19. The van der Waals surface area contributed by atoms with Crippen LogP contribution >= 0.6 is 0 Å². The van der Waals surface area contributed by atoms with Crippen LogP contribution in [0.25, 0.3) is 5.69 Å². The van der Waals surface area contributed by atoms with Gasteiger partial charge in [-0.2, -0.15) is 9.40 Å². The second-order valence-electron chi connectivity index (χ2n) is 5.82. The zero-order chi connectivity index (χ0) is 16.0. The van der Waals surface area contributed by atoms with E-state index in [0.717, 1.165) is 5.69 Å². The third-order valence-electron chi connectivity index (χ3n) is 4.39. The Morgan fingerprint density at radius 2 is 2.00 bits per heavy atom. The molecule has 4 rings (SSSR count). The van der Waals surface area contributed by atoms with E-state index in [0.29, 0.717) is 19.4 Å². The first-order valence-corrected chi connectivity index (χ1v) is 8.92. The highest BCUT2D eigenvalue weighted by atomic mass is 32.2. The number of nitrogens with one attached hydrogen (secondary N) is 1.